The van der Waals surface area contributed by atoms with Crippen LogP contribution in [0.25, 0.3) is 11.1 Å². The Hall–Kier alpha value is -3.05. The van der Waals surface area contributed by atoms with Crippen molar-refractivity contribution >= 4 is 23.4 Å². The number of β-amino-alcohol motifs (C(OH)–C–C–N with tert-alkyl or cyclic N) is 1. The van der Waals surface area contributed by atoms with E-state index in [0.29, 0.717) is 45.0 Å². The SMILES string of the molecule is Cc1ccc(NC(=O)N2CC[C@@H](CC(F)(F)F)C2)cc1-c1cc(N2CCOCC2)nc(N2CC(O)C2)c1. The quantitative estimate of drug-likeness (QED) is 0.624. The van der Waals surface area contributed by atoms with E-state index in [1.54, 1.807) is 6.07 Å². The van der Waals surface area contributed by atoms with E-state index in [2.05, 4.69) is 10.2 Å². The lowest BCUT2D eigenvalue weighted by Crippen LogP contribution is -2.51. The van der Waals surface area contributed by atoms with Crippen LogP contribution in [0.1, 0.15) is 18.4 Å². The average Bonchev–Trinajstić information content (AvgIpc) is 3.30. The molecule has 2 aromatic rings. The van der Waals surface area contributed by atoms with Gasteiger partial charge >= 0.3 is 12.2 Å². The van der Waals surface area contributed by atoms with Crippen molar-refractivity contribution in [1.82, 2.24) is 9.88 Å². The number of carbonyl (C=O) groups is 1. The second-order valence-corrected chi connectivity index (χ2v) is 10.1. The Kier molecular flexibility index (Phi) is 7.17. The van der Waals surface area contributed by atoms with Gasteiger partial charge in [-0.15, -0.1) is 0 Å². The Morgan fingerprint density at radius 1 is 1.08 bits per heavy atom. The largest absolute Gasteiger partial charge is 0.389 e. The number of benzene rings is 1. The van der Waals surface area contributed by atoms with Gasteiger partial charge < -0.3 is 29.9 Å². The van der Waals surface area contributed by atoms with Crippen LogP contribution in [0.2, 0.25) is 0 Å². The zero-order valence-corrected chi connectivity index (χ0v) is 20.8. The monoisotopic (exact) mass is 519 g/mol. The fourth-order valence-electron chi connectivity index (χ4n) is 5.14. The molecular weight excluding hydrogens is 487 g/mol. The Labute approximate surface area is 214 Å². The van der Waals surface area contributed by atoms with E-state index in [4.69, 9.17) is 9.72 Å². The molecule has 200 valence electrons. The Bertz CT molecular complexity index is 1130. The van der Waals surface area contributed by atoms with Crippen LogP contribution in [0.3, 0.4) is 0 Å². The summed E-state index contributed by atoms with van der Waals surface area (Å²) in [4.78, 5) is 23.3. The van der Waals surface area contributed by atoms with E-state index in [1.165, 1.54) is 4.90 Å². The Morgan fingerprint density at radius 2 is 1.78 bits per heavy atom. The minimum atomic E-state index is -4.22. The number of ether oxygens (including phenoxy) is 1. The smallest absolute Gasteiger partial charge is 0.389 e. The zero-order chi connectivity index (χ0) is 26.2. The molecule has 0 aliphatic carbocycles. The number of hydrogen-bond acceptors (Lipinski definition) is 6. The molecule has 0 bridgehead atoms. The summed E-state index contributed by atoms with van der Waals surface area (Å²) in [5, 5.41) is 12.7. The summed E-state index contributed by atoms with van der Waals surface area (Å²) in [5.74, 6) is 1.05. The average molecular weight is 520 g/mol. The second kappa shape index (κ2) is 10.4. The molecule has 1 aromatic heterocycles. The number of hydrogen-bond donors (Lipinski definition) is 2. The molecule has 8 nitrogen and oxygen atoms in total. The van der Waals surface area contributed by atoms with Crippen LogP contribution in [0.15, 0.2) is 30.3 Å². The van der Waals surface area contributed by atoms with Crippen molar-refractivity contribution in [2.45, 2.75) is 32.0 Å². The third-order valence-electron chi connectivity index (χ3n) is 7.21. The second-order valence-electron chi connectivity index (χ2n) is 10.1. The number of morpholine rings is 1. The Balaban J connectivity index is 1.36. The summed E-state index contributed by atoms with van der Waals surface area (Å²) in [6, 6.07) is 9.25. The molecule has 11 heteroatoms. The summed E-state index contributed by atoms with van der Waals surface area (Å²) in [6.07, 6.45) is -5.10. The number of halogens is 3. The van der Waals surface area contributed by atoms with E-state index >= 15 is 0 Å². The lowest BCUT2D eigenvalue weighted by molar-refractivity contribution is -0.143. The first-order chi connectivity index (χ1) is 17.6. The molecule has 1 aromatic carbocycles. The molecule has 1 atom stereocenters. The van der Waals surface area contributed by atoms with E-state index < -0.39 is 24.5 Å². The van der Waals surface area contributed by atoms with Crippen LogP contribution in [0, 0.1) is 12.8 Å². The van der Waals surface area contributed by atoms with Gasteiger partial charge in [0.25, 0.3) is 0 Å². The van der Waals surface area contributed by atoms with Crippen molar-refractivity contribution < 1.29 is 27.8 Å². The minimum absolute atomic E-state index is 0.0996. The van der Waals surface area contributed by atoms with Gasteiger partial charge in [0.15, 0.2) is 0 Å². The molecule has 0 radical (unpaired) electrons. The van der Waals surface area contributed by atoms with Crippen LogP contribution in [-0.2, 0) is 4.74 Å². The van der Waals surface area contributed by atoms with Gasteiger partial charge in [-0.1, -0.05) is 6.07 Å². The number of amides is 2. The number of carbonyl (C=O) groups excluding carboxylic acids is 1. The van der Waals surface area contributed by atoms with Gasteiger partial charge in [0.05, 0.1) is 19.3 Å². The van der Waals surface area contributed by atoms with Gasteiger partial charge in [-0.2, -0.15) is 13.2 Å². The van der Waals surface area contributed by atoms with Crippen LogP contribution < -0.4 is 15.1 Å². The fourth-order valence-corrected chi connectivity index (χ4v) is 5.14. The predicted molar refractivity (Wildman–Crippen MR) is 135 cm³/mol. The minimum Gasteiger partial charge on any atom is -0.389 e. The first kappa shape index (κ1) is 25.6. The van der Waals surface area contributed by atoms with Crippen molar-refractivity contribution in [3.8, 4) is 11.1 Å². The number of nitrogens with one attached hydrogen (secondary N) is 1. The number of rotatable bonds is 5. The van der Waals surface area contributed by atoms with Gasteiger partial charge in [-0.25, -0.2) is 9.78 Å². The predicted octanol–water partition coefficient (Wildman–Crippen LogP) is 3.88. The number of aryl methyl sites for hydroxylation is 1. The molecule has 0 unspecified atom stereocenters. The maximum Gasteiger partial charge on any atom is 0.389 e. The number of alkyl halides is 3. The summed E-state index contributed by atoms with van der Waals surface area (Å²) in [6.45, 7) is 6.18. The van der Waals surface area contributed by atoms with Crippen LogP contribution in [-0.4, -0.2) is 85.8 Å². The van der Waals surface area contributed by atoms with Crippen LogP contribution in [0.5, 0.6) is 0 Å². The number of anilines is 3. The third-order valence-corrected chi connectivity index (χ3v) is 7.21. The Morgan fingerprint density at radius 3 is 2.46 bits per heavy atom. The molecule has 5 rings (SSSR count). The number of pyridine rings is 1. The van der Waals surface area contributed by atoms with Gasteiger partial charge in [0, 0.05) is 51.4 Å². The van der Waals surface area contributed by atoms with Gasteiger partial charge in [0.1, 0.15) is 11.6 Å². The summed E-state index contributed by atoms with van der Waals surface area (Å²) >= 11 is 0. The molecule has 37 heavy (non-hydrogen) atoms. The van der Waals surface area contributed by atoms with E-state index in [1.807, 2.05) is 36.1 Å². The number of aliphatic hydroxyl groups is 1. The van der Waals surface area contributed by atoms with Crippen molar-refractivity contribution in [1.29, 1.82) is 0 Å². The normalized spacial score (nSPS) is 20.8. The van der Waals surface area contributed by atoms with E-state index in [-0.39, 0.29) is 12.6 Å². The molecule has 3 aliphatic heterocycles. The maximum absolute atomic E-state index is 12.8. The highest BCUT2D eigenvalue weighted by atomic mass is 19.4. The van der Waals surface area contributed by atoms with Crippen LogP contribution >= 0.6 is 0 Å². The van der Waals surface area contributed by atoms with Crippen molar-refractivity contribution in [2.75, 3.05) is 67.6 Å². The molecular formula is C26H32F3N5O3. The summed E-state index contributed by atoms with van der Waals surface area (Å²) in [5.41, 5.74) is 3.45. The number of nitrogens with zero attached hydrogens (tertiary/aromatic N) is 4. The summed E-state index contributed by atoms with van der Waals surface area (Å²) < 4.78 is 43.7. The molecule has 0 saturated carbocycles. The van der Waals surface area contributed by atoms with Gasteiger partial charge in [0.2, 0.25) is 0 Å². The van der Waals surface area contributed by atoms with Crippen molar-refractivity contribution in [3.63, 3.8) is 0 Å². The highest BCUT2D eigenvalue weighted by Crippen LogP contribution is 2.34. The molecule has 3 fully saturated rings. The van der Waals surface area contributed by atoms with Gasteiger partial charge in [-0.05, 0) is 60.2 Å². The molecule has 2 N–H and O–H groups in total. The van der Waals surface area contributed by atoms with E-state index in [0.717, 1.165) is 41.4 Å². The van der Waals surface area contributed by atoms with E-state index in [9.17, 15) is 23.1 Å². The first-order valence-corrected chi connectivity index (χ1v) is 12.7. The fraction of sp³-hybridized carbons (Fsp3) is 0.538. The highest BCUT2D eigenvalue weighted by Gasteiger charge is 2.36. The lowest BCUT2D eigenvalue weighted by atomic mass is 9.99. The number of aromatic nitrogens is 1. The molecule has 4 heterocycles. The van der Waals surface area contributed by atoms with Crippen molar-refractivity contribution in [2.24, 2.45) is 5.92 Å². The zero-order valence-electron chi connectivity index (χ0n) is 20.8. The molecule has 0 spiro atoms. The van der Waals surface area contributed by atoms with Crippen molar-refractivity contribution in [3.05, 3.63) is 35.9 Å². The molecule has 3 saturated heterocycles. The number of aliphatic hydroxyl groups excluding tert-OH is 1. The number of likely N-dealkylation sites (tertiary alicyclic amines) is 1. The lowest BCUT2D eigenvalue weighted by Gasteiger charge is -2.38. The highest BCUT2D eigenvalue weighted by molar-refractivity contribution is 5.91. The first-order valence-electron chi connectivity index (χ1n) is 12.7. The molecule has 3 aliphatic rings. The summed E-state index contributed by atoms with van der Waals surface area (Å²) in [7, 11) is 0. The van der Waals surface area contributed by atoms with Crippen LogP contribution in [0.4, 0.5) is 35.3 Å². The third kappa shape index (κ3) is 6.10. The number of urea groups is 1. The standard InChI is InChI=1S/C26H32F3N5O3/c1-17-2-3-20(30-25(36)33-5-4-18(14-33)13-26(27,28)29)12-22(17)19-10-23(32-6-8-37-9-7-32)31-24(11-19)34-15-21(35)16-34/h2-3,10-12,18,21,35H,4-9,13-16H2,1H3,(H,30,36)/t18-/m0/s1. The molecule has 2 amide bonds. The van der Waals surface area contributed by atoms with Gasteiger partial charge in [-0.3, -0.25) is 0 Å². The maximum atomic E-state index is 12.8. The topological polar surface area (TPSA) is 81.2 Å².